The lowest BCUT2D eigenvalue weighted by molar-refractivity contribution is 0.0971. The van der Waals surface area contributed by atoms with E-state index in [-0.39, 0.29) is 22.3 Å². The van der Waals surface area contributed by atoms with Gasteiger partial charge in [0.2, 0.25) is 5.76 Å². The SMILES string of the molecule is O=C1c2oc3ccc(Cl)cc3c(=O)c2C(c2cccc(Br)c2)N1c1ccc(F)cc1. The van der Waals surface area contributed by atoms with E-state index in [1.807, 2.05) is 24.3 Å². The Bertz CT molecular complexity index is 1380. The van der Waals surface area contributed by atoms with E-state index in [4.69, 9.17) is 16.0 Å². The zero-order chi connectivity index (χ0) is 21.0. The normalized spacial score (nSPS) is 15.6. The van der Waals surface area contributed by atoms with E-state index in [0.717, 1.165) is 10.0 Å². The second-order valence-electron chi connectivity index (χ2n) is 6.92. The molecule has 0 N–H and O–H groups in total. The predicted octanol–water partition coefficient (Wildman–Crippen LogP) is 6.10. The molecule has 1 aliphatic heterocycles. The summed E-state index contributed by atoms with van der Waals surface area (Å²) in [6.45, 7) is 0. The maximum Gasteiger partial charge on any atom is 0.295 e. The second kappa shape index (κ2) is 7.07. The van der Waals surface area contributed by atoms with Gasteiger partial charge in [-0.1, -0.05) is 39.7 Å². The highest BCUT2D eigenvalue weighted by atomic mass is 79.9. The first-order chi connectivity index (χ1) is 14.4. The summed E-state index contributed by atoms with van der Waals surface area (Å²) in [5.74, 6) is -0.906. The number of anilines is 1. The van der Waals surface area contributed by atoms with E-state index < -0.39 is 17.8 Å². The molecule has 148 valence electrons. The van der Waals surface area contributed by atoms with E-state index in [1.54, 1.807) is 12.1 Å². The Hall–Kier alpha value is -2.96. The van der Waals surface area contributed by atoms with Gasteiger partial charge in [0.1, 0.15) is 11.4 Å². The molecule has 2 heterocycles. The monoisotopic (exact) mass is 483 g/mol. The number of carbonyl (C=O) groups excluding carboxylic acids is 1. The van der Waals surface area contributed by atoms with Crippen LogP contribution in [-0.4, -0.2) is 5.91 Å². The van der Waals surface area contributed by atoms with Gasteiger partial charge in [0.15, 0.2) is 5.43 Å². The number of fused-ring (bicyclic) bond motifs is 2. The van der Waals surface area contributed by atoms with Crippen molar-refractivity contribution in [2.24, 2.45) is 0 Å². The van der Waals surface area contributed by atoms with Crippen molar-refractivity contribution in [3.63, 3.8) is 0 Å². The zero-order valence-corrected chi connectivity index (χ0v) is 17.6. The van der Waals surface area contributed by atoms with Crippen LogP contribution in [0.5, 0.6) is 0 Å². The number of carbonyl (C=O) groups is 1. The summed E-state index contributed by atoms with van der Waals surface area (Å²) in [5, 5.41) is 0.698. The number of nitrogens with zero attached hydrogens (tertiary/aromatic N) is 1. The Balaban J connectivity index is 1.83. The fourth-order valence-electron chi connectivity index (χ4n) is 3.81. The Kier molecular flexibility index (Phi) is 4.49. The lowest BCUT2D eigenvalue weighted by atomic mass is 9.98. The maximum atomic E-state index is 13.5. The number of halogens is 3. The van der Waals surface area contributed by atoms with E-state index >= 15 is 0 Å². The molecule has 4 aromatic rings. The highest BCUT2D eigenvalue weighted by Gasteiger charge is 2.43. The molecule has 0 fully saturated rings. The highest BCUT2D eigenvalue weighted by Crippen LogP contribution is 2.41. The summed E-state index contributed by atoms with van der Waals surface area (Å²) >= 11 is 9.53. The van der Waals surface area contributed by atoms with Crippen LogP contribution in [0.15, 0.2) is 80.4 Å². The lowest BCUT2D eigenvalue weighted by Crippen LogP contribution is -2.29. The molecular weight excluding hydrogens is 473 g/mol. The minimum atomic E-state index is -0.727. The van der Waals surface area contributed by atoms with Gasteiger partial charge in [0.25, 0.3) is 5.91 Å². The second-order valence-corrected chi connectivity index (χ2v) is 8.28. The van der Waals surface area contributed by atoms with Crippen molar-refractivity contribution >= 4 is 50.1 Å². The molecule has 0 radical (unpaired) electrons. The Morgan fingerprint density at radius 2 is 1.77 bits per heavy atom. The van der Waals surface area contributed by atoms with Crippen LogP contribution in [0.2, 0.25) is 5.02 Å². The summed E-state index contributed by atoms with van der Waals surface area (Å²) in [4.78, 5) is 28.3. The van der Waals surface area contributed by atoms with E-state index in [2.05, 4.69) is 15.9 Å². The van der Waals surface area contributed by atoms with E-state index in [0.29, 0.717) is 16.1 Å². The molecule has 5 rings (SSSR count). The molecule has 1 amide bonds. The van der Waals surface area contributed by atoms with Gasteiger partial charge in [-0.05, 0) is 60.2 Å². The largest absolute Gasteiger partial charge is 0.450 e. The molecule has 7 heteroatoms. The molecule has 0 aliphatic carbocycles. The van der Waals surface area contributed by atoms with Crippen LogP contribution in [0.1, 0.15) is 27.7 Å². The molecule has 1 atom stereocenters. The molecule has 30 heavy (non-hydrogen) atoms. The first-order valence-corrected chi connectivity index (χ1v) is 10.2. The third-order valence-electron chi connectivity index (χ3n) is 5.10. The van der Waals surface area contributed by atoms with Gasteiger partial charge in [0, 0.05) is 15.2 Å². The third-order valence-corrected chi connectivity index (χ3v) is 5.83. The van der Waals surface area contributed by atoms with Gasteiger partial charge >= 0.3 is 0 Å². The Morgan fingerprint density at radius 3 is 2.50 bits per heavy atom. The number of benzene rings is 3. The maximum absolute atomic E-state index is 13.5. The Labute approximate surface area is 183 Å². The van der Waals surface area contributed by atoms with Crippen molar-refractivity contribution in [1.82, 2.24) is 0 Å². The van der Waals surface area contributed by atoms with Crippen molar-refractivity contribution in [2.45, 2.75) is 6.04 Å². The molecule has 3 aromatic carbocycles. The minimum absolute atomic E-state index is 0.0240. The molecule has 4 nitrogen and oxygen atoms in total. The quantitative estimate of drug-likeness (QED) is 0.345. The fraction of sp³-hybridized carbons (Fsp3) is 0.0435. The van der Waals surface area contributed by atoms with Crippen LogP contribution in [0.25, 0.3) is 11.0 Å². The first kappa shape index (κ1) is 19.0. The van der Waals surface area contributed by atoms with Crippen LogP contribution in [0, 0.1) is 5.82 Å². The standard InChI is InChI=1S/C23H12BrClFNO3/c24-13-3-1-2-12(10-13)20-19-21(28)17-11-14(25)4-9-18(17)30-22(19)23(29)27(20)16-7-5-15(26)6-8-16/h1-11,20H. The van der Waals surface area contributed by atoms with Gasteiger partial charge in [-0.15, -0.1) is 0 Å². The van der Waals surface area contributed by atoms with Gasteiger partial charge in [0.05, 0.1) is 17.0 Å². The summed E-state index contributed by atoms with van der Waals surface area (Å²) < 4.78 is 20.2. The van der Waals surface area contributed by atoms with Gasteiger partial charge in [-0.2, -0.15) is 0 Å². The zero-order valence-electron chi connectivity index (χ0n) is 15.2. The number of rotatable bonds is 2. The summed E-state index contributed by atoms with van der Waals surface area (Å²) in [6, 6.07) is 16.9. The van der Waals surface area contributed by atoms with E-state index in [1.165, 1.54) is 35.2 Å². The molecule has 0 spiro atoms. The first-order valence-electron chi connectivity index (χ1n) is 9.05. The number of hydrogen-bond acceptors (Lipinski definition) is 3. The van der Waals surface area contributed by atoms with Crippen molar-refractivity contribution in [3.8, 4) is 0 Å². The van der Waals surface area contributed by atoms with Crippen molar-refractivity contribution in [3.05, 3.63) is 109 Å². The van der Waals surface area contributed by atoms with Crippen molar-refractivity contribution in [1.29, 1.82) is 0 Å². The predicted molar refractivity (Wildman–Crippen MR) is 117 cm³/mol. The molecule has 0 bridgehead atoms. The molecule has 0 saturated heterocycles. The van der Waals surface area contributed by atoms with Crippen LogP contribution >= 0.6 is 27.5 Å². The average Bonchev–Trinajstić information content (AvgIpc) is 3.02. The molecule has 1 aromatic heterocycles. The number of hydrogen-bond donors (Lipinski definition) is 0. The van der Waals surface area contributed by atoms with E-state index in [9.17, 15) is 14.0 Å². The van der Waals surface area contributed by atoms with Crippen LogP contribution in [0.4, 0.5) is 10.1 Å². The van der Waals surface area contributed by atoms with Crippen LogP contribution in [0.3, 0.4) is 0 Å². The fourth-order valence-corrected chi connectivity index (χ4v) is 4.39. The van der Waals surface area contributed by atoms with Gasteiger partial charge in [-0.3, -0.25) is 14.5 Å². The smallest absolute Gasteiger partial charge is 0.295 e. The lowest BCUT2D eigenvalue weighted by Gasteiger charge is -2.25. The summed E-state index contributed by atoms with van der Waals surface area (Å²) in [7, 11) is 0. The van der Waals surface area contributed by atoms with Crippen LogP contribution in [-0.2, 0) is 0 Å². The summed E-state index contributed by atoms with van der Waals surface area (Å²) in [6.07, 6.45) is 0. The van der Waals surface area contributed by atoms with Crippen molar-refractivity contribution in [2.75, 3.05) is 4.90 Å². The van der Waals surface area contributed by atoms with Crippen molar-refractivity contribution < 1.29 is 13.6 Å². The van der Waals surface area contributed by atoms with Gasteiger partial charge in [-0.25, -0.2) is 4.39 Å². The summed E-state index contributed by atoms with van der Waals surface area (Å²) in [5.41, 5.74) is 1.37. The van der Waals surface area contributed by atoms with Gasteiger partial charge < -0.3 is 4.42 Å². The van der Waals surface area contributed by atoms with Crippen LogP contribution < -0.4 is 10.3 Å². The molecule has 1 unspecified atom stereocenters. The molecule has 0 saturated carbocycles. The minimum Gasteiger partial charge on any atom is -0.450 e. The topological polar surface area (TPSA) is 50.5 Å². The highest BCUT2D eigenvalue weighted by molar-refractivity contribution is 9.10. The third kappa shape index (κ3) is 2.95. The number of amides is 1. The Morgan fingerprint density at radius 1 is 1.00 bits per heavy atom. The molecular formula is C23H12BrClFNO3. The molecule has 1 aliphatic rings. The average molecular weight is 485 g/mol.